The van der Waals surface area contributed by atoms with E-state index in [2.05, 4.69) is 36.3 Å². The van der Waals surface area contributed by atoms with Crippen LogP contribution >= 0.6 is 11.6 Å². The van der Waals surface area contributed by atoms with Crippen LogP contribution in [0.4, 0.5) is 6.01 Å². The van der Waals surface area contributed by atoms with Gasteiger partial charge in [-0.15, -0.1) is 16.7 Å². The van der Waals surface area contributed by atoms with Crippen LogP contribution in [0.25, 0.3) is 0 Å². The van der Waals surface area contributed by atoms with Gasteiger partial charge < -0.3 is 9.73 Å². The summed E-state index contributed by atoms with van der Waals surface area (Å²) in [5.74, 6) is 0.450. The third-order valence-corrected chi connectivity index (χ3v) is 2.29. The second kappa shape index (κ2) is 4.84. The van der Waals surface area contributed by atoms with Crippen LogP contribution in [-0.4, -0.2) is 15.7 Å². The third kappa shape index (κ3) is 3.70. The topological polar surface area (TPSA) is 51.0 Å². The van der Waals surface area contributed by atoms with Crippen molar-refractivity contribution in [1.29, 1.82) is 0 Å². The molecule has 0 aromatic carbocycles. The first kappa shape index (κ1) is 12.3. The molecule has 0 spiro atoms. The van der Waals surface area contributed by atoms with Gasteiger partial charge in [-0.2, -0.15) is 0 Å². The van der Waals surface area contributed by atoms with Gasteiger partial charge in [0.15, 0.2) is 0 Å². The summed E-state index contributed by atoms with van der Waals surface area (Å²) in [4.78, 5) is 0. The fourth-order valence-corrected chi connectivity index (χ4v) is 1.51. The number of aromatic nitrogens is 2. The molecule has 0 saturated carbocycles. The van der Waals surface area contributed by atoms with Crippen molar-refractivity contribution in [3.63, 3.8) is 0 Å². The number of hydrogen-bond acceptors (Lipinski definition) is 4. The molecule has 1 aromatic heterocycles. The molecule has 1 unspecified atom stereocenters. The quantitative estimate of drug-likeness (QED) is 0.790. The molecule has 0 aliphatic carbocycles. The standard InChI is InChI=1S/C10H18ClN3O/c1-5-6-10(3,4)12-9-14-13-8(15-9)7(2)11/h7H,5-6H2,1-4H3,(H,12,14). The Morgan fingerprint density at radius 1 is 1.47 bits per heavy atom. The lowest BCUT2D eigenvalue weighted by Gasteiger charge is -2.24. The van der Waals surface area contributed by atoms with Gasteiger partial charge in [-0.1, -0.05) is 18.4 Å². The van der Waals surface area contributed by atoms with E-state index in [1.54, 1.807) is 6.92 Å². The van der Waals surface area contributed by atoms with Crippen LogP contribution in [0.2, 0.25) is 0 Å². The van der Waals surface area contributed by atoms with Gasteiger partial charge in [0.1, 0.15) is 5.38 Å². The molecule has 15 heavy (non-hydrogen) atoms. The van der Waals surface area contributed by atoms with Gasteiger partial charge in [0.05, 0.1) is 0 Å². The minimum atomic E-state index is -0.248. The number of alkyl halides is 1. The maximum atomic E-state index is 5.82. The molecule has 4 nitrogen and oxygen atoms in total. The summed E-state index contributed by atoms with van der Waals surface area (Å²) in [5.41, 5.74) is -0.0336. The Bertz CT molecular complexity index is 309. The molecule has 0 aliphatic rings. The molecule has 1 heterocycles. The Labute approximate surface area is 95.4 Å². The summed E-state index contributed by atoms with van der Waals surface area (Å²) in [5, 5.41) is 10.7. The van der Waals surface area contributed by atoms with Crippen molar-refractivity contribution >= 4 is 17.6 Å². The number of halogens is 1. The first-order valence-corrected chi connectivity index (χ1v) is 5.64. The van der Waals surface area contributed by atoms with Crippen molar-refractivity contribution in [2.24, 2.45) is 0 Å². The van der Waals surface area contributed by atoms with E-state index >= 15 is 0 Å². The second-order valence-corrected chi connectivity index (χ2v) is 4.97. The van der Waals surface area contributed by atoms with Crippen molar-refractivity contribution in [3.8, 4) is 0 Å². The molecule has 86 valence electrons. The largest absolute Gasteiger partial charge is 0.406 e. The molecule has 1 rings (SSSR count). The van der Waals surface area contributed by atoms with Crippen molar-refractivity contribution < 1.29 is 4.42 Å². The normalized spacial score (nSPS) is 13.9. The summed E-state index contributed by atoms with van der Waals surface area (Å²) >= 11 is 5.82. The highest BCUT2D eigenvalue weighted by Crippen LogP contribution is 2.22. The molecule has 1 N–H and O–H groups in total. The number of anilines is 1. The SMILES string of the molecule is CCCC(C)(C)Nc1nnc(C(C)Cl)o1. The minimum absolute atomic E-state index is 0.0336. The fourth-order valence-electron chi connectivity index (χ4n) is 1.42. The Morgan fingerprint density at radius 2 is 2.13 bits per heavy atom. The van der Waals surface area contributed by atoms with E-state index < -0.39 is 0 Å². The van der Waals surface area contributed by atoms with E-state index in [1.807, 2.05) is 0 Å². The maximum Gasteiger partial charge on any atom is 0.315 e. The molecule has 0 amide bonds. The molecule has 0 aliphatic heterocycles. The second-order valence-electron chi connectivity index (χ2n) is 4.32. The van der Waals surface area contributed by atoms with Crippen LogP contribution in [0.1, 0.15) is 51.8 Å². The molecule has 0 fully saturated rings. The lowest BCUT2D eigenvalue weighted by atomic mass is 9.99. The van der Waals surface area contributed by atoms with E-state index in [0.29, 0.717) is 11.9 Å². The van der Waals surface area contributed by atoms with E-state index in [9.17, 15) is 0 Å². The zero-order valence-electron chi connectivity index (χ0n) is 9.67. The Balaban J connectivity index is 2.64. The predicted octanol–water partition coefficient (Wildman–Crippen LogP) is 3.36. The van der Waals surface area contributed by atoms with E-state index in [1.165, 1.54) is 0 Å². The molecular weight excluding hydrogens is 214 g/mol. The first-order valence-electron chi connectivity index (χ1n) is 5.20. The van der Waals surface area contributed by atoms with E-state index in [0.717, 1.165) is 12.8 Å². The van der Waals surface area contributed by atoms with Gasteiger partial charge in [0.25, 0.3) is 0 Å². The smallest absolute Gasteiger partial charge is 0.315 e. The van der Waals surface area contributed by atoms with Crippen LogP contribution < -0.4 is 5.32 Å². The predicted molar refractivity (Wildman–Crippen MR) is 61.2 cm³/mol. The van der Waals surface area contributed by atoms with Crippen LogP contribution in [0.15, 0.2) is 4.42 Å². The summed E-state index contributed by atoms with van der Waals surface area (Å²) in [6.45, 7) is 8.15. The Kier molecular flexibility index (Phi) is 3.97. The van der Waals surface area contributed by atoms with Gasteiger partial charge in [-0.25, -0.2) is 0 Å². The zero-order chi connectivity index (χ0) is 11.5. The van der Waals surface area contributed by atoms with Crippen molar-refractivity contribution in [2.45, 2.75) is 51.5 Å². The molecule has 0 saturated heterocycles. The van der Waals surface area contributed by atoms with Crippen LogP contribution in [0, 0.1) is 0 Å². The molecule has 1 atom stereocenters. The van der Waals surface area contributed by atoms with Crippen LogP contribution in [0.3, 0.4) is 0 Å². The number of nitrogens with one attached hydrogen (secondary N) is 1. The van der Waals surface area contributed by atoms with Gasteiger partial charge in [0.2, 0.25) is 5.89 Å². The van der Waals surface area contributed by atoms with Crippen molar-refractivity contribution in [3.05, 3.63) is 5.89 Å². The zero-order valence-corrected chi connectivity index (χ0v) is 10.4. The van der Waals surface area contributed by atoms with Gasteiger partial charge >= 0.3 is 6.01 Å². The van der Waals surface area contributed by atoms with Gasteiger partial charge in [0, 0.05) is 5.54 Å². The Morgan fingerprint density at radius 3 is 2.60 bits per heavy atom. The summed E-state index contributed by atoms with van der Waals surface area (Å²) in [7, 11) is 0. The van der Waals surface area contributed by atoms with Crippen LogP contribution in [-0.2, 0) is 0 Å². The fraction of sp³-hybridized carbons (Fsp3) is 0.800. The molecular formula is C10H18ClN3O. The summed E-state index contributed by atoms with van der Waals surface area (Å²) in [6, 6.07) is 0.441. The lowest BCUT2D eigenvalue weighted by Crippen LogP contribution is -2.30. The van der Waals surface area contributed by atoms with Crippen molar-refractivity contribution in [1.82, 2.24) is 10.2 Å². The van der Waals surface area contributed by atoms with E-state index in [4.69, 9.17) is 16.0 Å². The van der Waals surface area contributed by atoms with Gasteiger partial charge in [-0.3, -0.25) is 0 Å². The van der Waals surface area contributed by atoms with Crippen LogP contribution in [0.5, 0.6) is 0 Å². The highest BCUT2D eigenvalue weighted by Gasteiger charge is 2.20. The molecule has 0 bridgehead atoms. The minimum Gasteiger partial charge on any atom is -0.406 e. The maximum absolute atomic E-state index is 5.82. The highest BCUT2D eigenvalue weighted by atomic mass is 35.5. The Hall–Kier alpha value is -0.770. The number of nitrogens with zero attached hydrogens (tertiary/aromatic N) is 2. The number of rotatable bonds is 5. The third-order valence-electron chi connectivity index (χ3n) is 2.10. The van der Waals surface area contributed by atoms with Crippen molar-refractivity contribution in [2.75, 3.05) is 5.32 Å². The average molecular weight is 232 g/mol. The molecule has 1 aromatic rings. The lowest BCUT2D eigenvalue weighted by molar-refractivity contribution is 0.457. The number of hydrogen-bond donors (Lipinski definition) is 1. The van der Waals surface area contributed by atoms with E-state index in [-0.39, 0.29) is 10.9 Å². The monoisotopic (exact) mass is 231 g/mol. The molecule has 0 radical (unpaired) electrons. The van der Waals surface area contributed by atoms with Gasteiger partial charge in [-0.05, 0) is 27.2 Å². The first-order chi connectivity index (χ1) is 6.94. The highest BCUT2D eigenvalue weighted by molar-refractivity contribution is 6.20. The average Bonchev–Trinajstić information content (AvgIpc) is 2.51. The summed E-state index contributed by atoms with van der Waals surface area (Å²) in [6.07, 6.45) is 2.15. The summed E-state index contributed by atoms with van der Waals surface area (Å²) < 4.78 is 5.36. The molecule has 5 heteroatoms.